The number of benzene rings is 1. The van der Waals surface area contributed by atoms with Gasteiger partial charge >= 0.3 is 0 Å². The van der Waals surface area contributed by atoms with E-state index >= 15 is 0 Å². The monoisotopic (exact) mass is 275 g/mol. The third-order valence-electron chi connectivity index (χ3n) is 2.26. The second kappa shape index (κ2) is 5.54. The summed E-state index contributed by atoms with van der Waals surface area (Å²) in [5.74, 6) is 0.567. The standard InChI is InChI=1S/C12H10FN5S/c13-9-2-1-7(3-8(9)5-14)6-19-12-17-10(15)4-11(16)18-12/h1-4H,6H2,(H4,15,16,17,18). The van der Waals surface area contributed by atoms with Crippen LogP contribution in [-0.4, -0.2) is 9.97 Å². The highest BCUT2D eigenvalue weighted by Crippen LogP contribution is 2.22. The zero-order chi connectivity index (χ0) is 13.8. The van der Waals surface area contributed by atoms with Crippen molar-refractivity contribution in [3.05, 3.63) is 41.2 Å². The molecular formula is C12H10FN5S. The van der Waals surface area contributed by atoms with Crippen molar-refractivity contribution in [3.8, 4) is 6.07 Å². The van der Waals surface area contributed by atoms with Crippen LogP contribution in [0.4, 0.5) is 16.0 Å². The van der Waals surface area contributed by atoms with Crippen LogP contribution >= 0.6 is 11.8 Å². The minimum absolute atomic E-state index is 0.0195. The molecule has 0 unspecified atom stereocenters. The summed E-state index contributed by atoms with van der Waals surface area (Å²) in [7, 11) is 0. The highest BCUT2D eigenvalue weighted by Gasteiger charge is 2.05. The minimum Gasteiger partial charge on any atom is -0.383 e. The van der Waals surface area contributed by atoms with Gasteiger partial charge in [-0.05, 0) is 17.7 Å². The molecule has 0 aliphatic heterocycles. The smallest absolute Gasteiger partial charge is 0.191 e. The molecule has 0 bridgehead atoms. The number of anilines is 2. The Hall–Kier alpha value is -2.33. The van der Waals surface area contributed by atoms with E-state index in [1.807, 2.05) is 0 Å². The van der Waals surface area contributed by atoms with Gasteiger partial charge in [-0.1, -0.05) is 17.8 Å². The van der Waals surface area contributed by atoms with Crippen molar-refractivity contribution in [2.24, 2.45) is 0 Å². The molecule has 5 nitrogen and oxygen atoms in total. The Kier molecular flexibility index (Phi) is 3.82. The average Bonchev–Trinajstić information content (AvgIpc) is 2.36. The first-order valence-electron chi connectivity index (χ1n) is 5.30. The van der Waals surface area contributed by atoms with E-state index in [-0.39, 0.29) is 5.56 Å². The number of hydrogen-bond acceptors (Lipinski definition) is 6. The lowest BCUT2D eigenvalue weighted by atomic mass is 10.1. The van der Waals surface area contributed by atoms with Crippen LogP contribution in [0.15, 0.2) is 29.4 Å². The van der Waals surface area contributed by atoms with Crippen LogP contribution in [0.2, 0.25) is 0 Å². The number of nitrogens with two attached hydrogens (primary N) is 2. The first-order valence-corrected chi connectivity index (χ1v) is 6.28. The zero-order valence-electron chi connectivity index (χ0n) is 9.80. The maximum Gasteiger partial charge on any atom is 0.191 e. The van der Waals surface area contributed by atoms with Gasteiger partial charge in [0.1, 0.15) is 23.5 Å². The molecule has 19 heavy (non-hydrogen) atoms. The largest absolute Gasteiger partial charge is 0.383 e. The number of nitrogen functional groups attached to an aromatic ring is 2. The van der Waals surface area contributed by atoms with Crippen LogP contribution in [0.5, 0.6) is 0 Å². The molecule has 0 spiro atoms. The Morgan fingerprint density at radius 3 is 2.53 bits per heavy atom. The fourth-order valence-corrected chi connectivity index (χ4v) is 2.24. The van der Waals surface area contributed by atoms with Crippen LogP contribution in [0, 0.1) is 17.1 Å². The van der Waals surface area contributed by atoms with Crippen LogP contribution in [0.25, 0.3) is 0 Å². The number of hydrogen-bond donors (Lipinski definition) is 2. The lowest BCUT2D eigenvalue weighted by Gasteiger charge is -2.03. The Balaban J connectivity index is 2.12. The van der Waals surface area contributed by atoms with Crippen molar-refractivity contribution >= 4 is 23.4 Å². The summed E-state index contributed by atoms with van der Waals surface area (Å²) in [6, 6.07) is 7.64. The van der Waals surface area contributed by atoms with Crippen LogP contribution in [0.1, 0.15) is 11.1 Å². The molecule has 0 radical (unpaired) electrons. The van der Waals surface area contributed by atoms with Gasteiger partial charge < -0.3 is 11.5 Å². The fraction of sp³-hybridized carbons (Fsp3) is 0.0833. The lowest BCUT2D eigenvalue weighted by Crippen LogP contribution is -1.99. The first kappa shape index (κ1) is 13.1. The number of nitrogens with zero attached hydrogens (tertiary/aromatic N) is 3. The fourth-order valence-electron chi connectivity index (χ4n) is 1.42. The van der Waals surface area contributed by atoms with Gasteiger partial charge in [-0.3, -0.25) is 0 Å². The third kappa shape index (κ3) is 3.33. The summed E-state index contributed by atoms with van der Waals surface area (Å²) in [4.78, 5) is 8.04. The number of thioether (sulfide) groups is 1. The van der Waals surface area contributed by atoms with Crippen LogP contribution in [-0.2, 0) is 5.75 Å². The molecule has 0 aliphatic rings. The molecule has 0 amide bonds. The number of rotatable bonds is 3. The maximum atomic E-state index is 13.2. The first-order chi connectivity index (χ1) is 9.08. The summed E-state index contributed by atoms with van der Waals surface area (Å²) in [6.45, 7) is 0. The molecule has 2 aromatic rings. The van der Waals surface area contributed by atoms with Gasteiger partial charge in [0.15, 0.2) is 5.16 Å². The van der Waals surface area contributed by atoms with Gasteiger partial charge in [0.2, 0.25) is 0 Å². The molecule has 7 heteroatoms. The third-order valence-corrected chi connectivity index (χ3v) is 3.18. The Labute approximate surface area is 113 Å². The van der Waals surface area contributed by atoms with Crippen molar-refractivity contribution in [3.63, 3.8) is 0 Å². The summed E-state index contributed by atoms with van der Waals surface area (Å²) < 4.78 is 13.2. The predicted octanol–water partition coefficient (Wildman–Crippen LogP) is 1.94. The maximum absolute atomic E-state index is 13.2. The molecule has 0 saturated carbocycles. The molecule has 1 aromatic carbocycles. The summed E-state index contributed by atoms with van der Waals surface area (Å²) >= 11 is 1.31. The predicted molar refractivity (Wildman–Crippen MR) is 71.5 cm³/mol. The van der Waals surface area contributed by atoms with E-state index in [9.17, 15) is 4.39 Å². The topological polar surface area (TPSA) is 102 Å². The van der Waals surface area contributed by atoms with Crippen molar-refractivity contribution in [2.75, 3.05) is 11.5 Å². The van der Waals surface area contributed by atoms with E-state index in [0.29, 0.717) is 22.5 Å². The Morgan fingerprint density at radius 1 is 1.21 bits per heavy atom. The van der Waals surface area contributed by atoms with Crippen molar-refractivity contribution in [1.29, 1.82) is 5.26 Å². The van der Waals surface area contributed by atoms with Gasteiger partial charge in [-0.2, -0.15) is 5.26 Å². The average molecular weight is 275 g/mol. The van der Waals surface area contributed by atoms with E-state index in [4.69, 9.17) is 16.7 Å². The van der Waals surface area contributed by atoms with Gasteiger partial charge in [-0.15, -0.1) is 0 Å². The molecule has 0 atom stereocenters. The van der Waals surface area contributed by atoms with Crippen LogP contribution < -0.4 is 11.5 Å². The van der Waals surface area contributed by atoms with Gasteiger partial charge in [0.05, 0.1) is 5.56 Å². The SMILES string of the molecule is N#Cc1cc(CSc2nc(N)cc(N)n2)ccc1F. The molecular weight excluding hydrogens is 265 g/mol. The van der Waals surface area contributed by atoms with Crippen molar-refractivity contribution < 1.29 is 4.39 Å². The second-order valence-corrected chi connectivity index (χ2v) is 4.66. The molecule has 0 saturated heterocycles. The Bertz CT molecular complexity index is 633. The van der Waals surface area contributed by atoms with Crippen LogP contribution in [0.3, 0.4) is 0 Å². The van der Waals surface area contributed by atoms with Crippen molar-refractivity contribution in [1.82, 2.24) is 9.97 Å². The molecule has 2 rings (SSSR count). The highest BCUT2D eigenvalue weighted by molar-refractivity contribution is 7.98. The lowest BCUT2D eigenvalue weighted by molar-refractivity contribution is 0.623. The zero-order valence-corrected chi connectivity index (χ0v) is 10.6. The van der Waals surface area contributed by atoms with E-state index in [0.717, 1.165) is 5.56 Å². The summed E-state index contributed by atoms with van der Waals surface area (Å²) in [5.41, 5.74) is 11.9. The van der Waals surface area contributed by atoms with Crippen molar-refractivity contribution in [2.45, 2.75) is 10.9 Å². The number of nitriles is 1. The number of halogens is 1. The molecule has 0 aliphatic carbocycles. The van der Waals surface area contributed by atoms with Gasteiger partial charge in [0.25, 0.3) is 0 Å². The normalized spacial score (nSPS) is 10.1. The summed E-state index contributed by atoms with van der Waals surface area (Å²) in [6.07, 6.45) is 0. The van der Waals surface area contributed by atoms with Gasteiger partial charge in [0, 0.05) is 11.8 Å². The van der Waals surface area contributed by atoms with E-state index < -0.39 is 5.82 Å². The molecule has 0 fully saturated rings. The molecule has 4 N–H and O–H groups in total. The van der Waals surface area contributed by atoms with E-state index in [1.165, 1.54) is 30.0 Å². The second-order valence-electron chi connectivity index (χ2n) is 3.71. The van der Waals surface area contributed by atoms with E-state index in [1.54, 1.807) is 12.1 Å². The number of aromatic nitrogens is 2. The van der Waals surface area contributed by atoms with Gasteiger partial charge in [-0.25, -0.2) is 14.4 Å². The van der Waals surface area contributed by atoms with E-state index in [2.05, 4.69) is 9.97 Å². The highest BCUT2D eigenvalue weighted by atomic mass is 32.2. The minimum atomic E-state index is -0.527. The summed E-state index contributed by atoms with van der Waals surface area (Å²) in [5, 5.41) is 9.19. The molecule has 1 aromatic heterocycles. The molecule has 96 valence electrons. The quantitative estimate of drug-likeness (QED) is 0.655. The molecule has 1 heterocycles. The Morgan fingerprint density at radius 2 is 1.89 bits per heavy atom.